The first kappa shape index (κ1) is 18.1. The molecule has 2 unspecified atom stereocenters. The Morgan fingerprint density at radius 2 is 2.15 bits per heavy atom. The lowest BCUT2D eigenvalue weighted by Crippen LogP contribution is -2.42. The molecule has 1 amide bonds. The molecule has 1 fully saturated rings. The smallest absolute Gasteiger partial charge is 0.219 e. The summed E-state index contributed by atoms with van der Waals surface area (Å²) >= 11 is 9.68. The fraction of sp³-hybridized carbons (Fsp3) is 0.389. The van der Waals surface area contributed by atoms with Crippen LogP contribution in [0.25, 0.3) is 0 Å². The highest BCUT2D eigenvalue weighted by molar-refractivity contribution is 8.00. The van der Waals surface area contributed by atoms with E-state index in [0.29, 0.717) is 27.2 Å². The second-order valence-electron chi connectivity index (χ2n) is 6.45. The Kier molecular flexibility index (Phi) is 5.12. The third-order valence-electron chi connectivity index (χ3n) is 4.76. The first-order valence-electron chi connectivity index (χ1n) is 8.38. The predicted molar refractivity (Wildman–Crippen MR) is 102 cm³/mol. The number of thioether (sulfide) groups is 2. The molecule has 1 saturated heterocycles. The predicted octanol–water partition coefficient (Wildman–Crippen LogP) is 4.37. The number of carbonyl (C=O) groups is 1. The molecule has 4 rings (SSSR count). The molecule has 0 N–H and O–H groups in total. The summed E-state index contributed by atoms with van der Waals surface area (Å²) in [5, 5.41) is 2.39. The van der Waals surface area contributed by atoms with E-state index in [1.807, 2.05) is 4.90 Å². The Morgan fingerprint density at radius 1 is 1.38 bits per heavy atom. The molecule has 2 aliphatic heterocycles. The summed E-state index contributed by atoms with van der Waals surface area (Å²) in [5.41, 5.74) is 2.05. The number of piperidine rings is 1. The number of aromatic nitrogens is 2. The van der Waals surface area contributed by atoms with E-state index < -0.39 is 0 Å². The van der Waals surface area contributed by atoms with Gasteiger partial charge in [-0.05, 0) is 24.1 Å². The van der Waals surface area contributed by atoms with E-state index in [1.165, 1.54) is 23.9 Å². The molecule has 0 saturated carbocycles. The first-order valence-corrected chi connectivity index (χ1v) is 10.6. The van der Waals surface area contributed by atoms with Crippen molar-refractivity contribution in [3.05, 3.63) is 46.4 Å². The number of rotatable bonds is 3. The Bertz CT molecular complexity index is 849. The normalized spacial score (nSPS) is 21.4. The molecule has 0 radical (unpaired) electrons. The Morgan fingerprint density at radius 3 is 2.88 bits per heavy atom. The van der Waals surface area contributed by atoms with Gasteiger partial charge < -0.3 is 4.90 Å². The summed E-state index contributed by atoms with van der Waals surface area (Å²) in [7, 11) is 0. The number of nitrogens with zero attached hydrogens (tertiary/aromatic N) is 3. The summed E-state index contributed by atoms with van der Waals surface area (Å²) in [4.78, 5) is 22.7. The van der Waals surface area contributed by atoms with Crippen molar-refractivity contribution in [1.82, 2.24) is 14.9 Å². The lowest BCUT2D eigenvalue weighted by atomic mass is 9.91. The van der Waals surface area contributed by atoms with Crippen molar-refractivity contribution < 1.29 is 9.18 Å². The van der Waals surface area contributed by atoms with Gasteiger partial charge in [0.2, 0.25) is 5.91 Å². The summed E-state index contributed by atoms with van der Waals surface area (Å²) < 4.78 is 13.0. The van der Waals surface area contributed by atoms with Crippen molar-refractivity contribution in [2.45, 2.75) is 40.4 Å². The molecular formula is C18H17ClFN3OS2. The summed E-state index contributed by atoms with van der Waals surface area (Å²) in [5.74, 6) is 0.849. The second kappa shape index (κ2) is 7.37. The maximum absolute atomic E-state index is 13.0. The lowest BCUT2D eigenvalue weighted by molar-refractivity contribution is -0.129. The van der Waals surface area contributed by atoms with Gasteiger partial charge in [0.25, 0.3) is 0 Å². The SMILES string of the molecule is CC(=O)N1CCC2c3c(Cl)nc(SCc4ccc(F)cc4)nc3SC2C1. The van der Waals surface area contributed by atoms with Crippen LogP contribution in [0.15, 0.2) is 34.4 Å². The third kappa shape index (κ3) is 3.57. The molecule has 0 aliphatic carbocycles. The van der Waals surface area contributed by atoms with Gasteiger partial charge in [-0.1, -0.05) is 35.5 Å². The highest BCUT2D eigenvalue weighted by atomic mass is 35.5. The molecule has 1 aromatic heterocycles. The molecule has 3 heterocycles. The van der Waals surface area contributed by atoms with E-state index in [-0.39, 0.29) is 11.7 Å². The minimum absolute atomic E-state index is 0.118. The van der Waals surface area contributed by atoms with Crippen molar-refractivity contribution in [1.29, 1.82) is 0 Å². The minimum Gasteiger partial charge on any atom is -0.342 e. The topological polar surface area (TPSA) is 46.1 Å². The number of benzene rings is 1. The van der Waals surface area contributed by atoms with E-state index in [0.717, 1.165) is 35.7 Å². The summed E-state index contributed by atoms with van der Waals surface area (Å²) in [6.45, 7) is 3.10. The van der Waals surface area contributed by atoms with Crippen LogP contribution in [-0.2, 0) is 10.5 Å². The quantitative estimate of drug-likeness (QED) is 0.428. The molecule has 2 atom stereocenters. The summed E-state index contributed by atoms with van der Waals surface area (Å²) in [6, 6.07) is 6.43. The average Bonchev–Trinajstić information content (AvgIpc) is 2.99. The van der Waals surface area contributed by atoms with Gasteiger partial charge in [0.15, 0.2) is 5.16 Å². The lowest BCUT2D eigenvalue weighted by Gasteiger charge is -2.33. The fourth-order valence-corrected chi connectivity index (χ4v) is 6.16. The van der Waals surface area contributed by atoms with Gasteiger partial charge in [0.05, 0.1) is 0 Å². The van der Waals surface area contributed by atoms with Crippen LogP contribution < -0.4 is 0 Å². The van der Waals surface area contributed by atoms with Gasteiger partial charge >= 0.3 is 0 Å². The van der Waals surface area contributed by atoms with E-state index in [1.54, 1.807) is 30.8 Å². The number of hydrogen-bond donors (Lipinski definition) is 0. The number of fused-ring (bicyclic) bond motifs is 3. The van der Waals surface area contributed by atoms with Crippen LogP contribution in [-0.4, -0.2) is 39.1 Å². The number of halogens is 2. The molecule has 2 aliphatic rings. The Balaban J connectivity index is 1.50. The van der Waals surface area contributed by atoms with Gasteiger partial charge in [0.1, 0.15) is 16.0 Å². The Hall–Kier alpha value is -1.31. The maximum atomic E-state index is 13.0. The number of hydrogen-bond acceptors (Lipinski definition) is 5. The van der Waals surface area contributed by atoms with Crippen molar-refractivity contribution in [3.63, 3.8) is 0 Å². The second-order valence-corrected chi connectivity index (χ2v) is 8.98. The van der Waals surface area contributed by atoms with Crippen LogP contribution >= 0.6 is 35.1 Å². The van der Waals surface area contributed by atoms with E-state index >= 15 is 0 Å². The summed E-state index contributed by atoms with van der Waals surface area (Å²) in [6.07, 6.45) is 0.898. The van der Waals surface area contributed by atoms with Gasteiger partial charge in [-0.25, -0.2) is 14.4 Å². The zero-order valence-electron chi connectivity index (χ0n) is 14.1. The van der Waals surface area contributed by atoms with E-state index in [9.17, 15) is 9.18 Å². The Labute approximate surface area is 164 Å². The van der Waals surface area contributed by atoms with E-state index in [2.05, 4.69) is 4.98 Å². The first-order chi connectivity index (χ1) is 12.5. The third-order valence-corrected chi connectivity index (χ3v) is 7.28. The van der Waals surface area contributed by atoms with Crippen LogP contribution in [0.1, 0.15) is 30.4 Å². The average molecular weight is 410 g/mol. The van der Waals surface area contributed by atoms with Crippen LogP contribution in [0.2, 0.25) is 5.15 Å². The standard InChI is InChI=1S/C18H17ClFN3OS2/c1-10(24)23-7-6-13-14(8-23)26-17-15(13)16(19)21-18(22-17)25-9-11-2-4-12(20)5-3-11/h2-5,13-14H,6-9H2,1H3. The van der Waals surface area contributed by atoms with Crippen LogP contribution in [0.3, 0.4) is 0 Å². The molecule has 0 bridgehead atoms. The molecule has 2 aromatic rings. The van der Waals surface area contributed by atoms with Crippen molar-refractivity contribution >= 4 is 41.0 Å². The van der Waals surface area contributed by atoms with Crippen LogP contribution in [0.5, 0.6) is 0 Å². The molecule has 4 nitrogen and oxygen atoms in total. The molecule has 136 valence electrons. The largest absolute Gasteiger partial charge is 0.342 e. The monoisotopic (exact) mass is 409 g/mol. The molecule has 26 heavy (non-hydrogen) atoms. The molecule has 0 spiro atoms. The molecule has 1 aromatic carbocycles. The van der Waals surface area contributed by atoms with Crippen LogP contribution in [0.4, 0.5) is 4.39 Å². The maximum Gasteiger partial charge on any atom is 0.219 e. The minimum atomic E-state index is -0.241. The van der Waals surface area contributed by atoms with Gasteiger partial charge in [-0.15, -0.1) is 11.8 Å². The number of likely N-dealkylation sites (tertiary alicyclic amines) is 1. The number of amides is 1. The highest BCUT2D eigenvalue weighted by Gasteiger charge is 2.41. The van der Waals surface area contributed by atoms with Gasteiger partial charge in [-0.3, -0.25) is 4.79 Å². The van der Waals surface area contributed by atoms with Crippen molar-refractivity contribution in [2.24, 2.45) is 0 Å². The van der Waals surface area contributed by atoms with E-state index in [4.69, 9.17) is 16.6 Å². The number of carbonyl (C=O) groups excluding carboxylic acids is 1. The molecule has 8 heteroatoms. The fourth-order valence-electron chi connectivity index (χ4n) is 3.39. The van der Waals surface area contributed by atoms with Crippen molar-refractivity contribution in [2.75, 3.05) is 13.1 Å². The zero-order valence-corrected chi connectivity index (χ0v) is 16.5. The highest BCUT2D eigenvalue weighted by Crippen LogP contribution is 2.50. The van der Waals surface area contributed by atoms with Crippen LogP contribution in [0, 0.1) is 5.82 Å². The van der Waals surface area contributed by atoms with Crippen molar-refractivity contribution in [3.8, 4) is 0 Å². The van der Waals surface area contributed by atoms with Gasteiger partial charge in [0, 0.05) is 42.5 Å². The van der Waals surface area contributed by atoms with Gasteiger partial charge in [-0.2, -0.15) is 0 Å². The zero-order chi connectivity index (χ0) is 18.3. The molecular weight excluding hydrogens is 393 g/mol.